The molecule has 18 aromatic rings. The van der Waals surface area contributed by atoms with Crippen LogP contribution in [0.5, 0.6) is 0 Å². The van der Waals surface area contributed by atoms with Crippen molar-refractivity contribution in [1.29, 1.82) is 0 Å². The monoisotopic (exact) mass is 1590 g/mol. The lowest BCUT2D eigenvalue weighted by molar-refractivity contribution is 0.579. The Bertz CT molecular complexity index is 6920. The molecule has 596 valence electrons. The molecule has 21 rings (SSSR count). The molecule has 0 N–H and O–H groups in total. The topological polar surface area (TPSA) is 11.4 Å². The highest BCUT2D eigenvalue weighted by atomic mass is 15.2. The van der Waals surface area contributed by atoms with Gasteiger partial charge in [-0.1, -0.05) is 389 Å². The molecule has 3 nitrogen and oxygen atoms in total. The molecule has 4 heteroatoms. The van der Waals surface area contributed by atoms with Crippen molar-refractivity contribution in [2.24, 2.45) is 0 Å². The lowest BCUT2D eigenvalue weighted by Crippen LogP contribution is -2.63. The molecule has 1 aromatic heterocycles. The van der Waals surface area contributed by atoms with E-state index in [-0.39, 0.29) is 28.9 Å². The molecule has 0 saturated carbocycles. The van der Waals surface area contributed by atoms with Crippen LogP contribution in [-0.4, -0.2) is 11.3 Å². The number of anilines is 6. The summed E-state index contributed by atoms with van der Waals surface area (Å²) in [6.45, 7) is 20.9. The Morgan fingerprint density at radius 1 is 0.298 bits per heavy atom. The van der Waals surface area contributed by atoms with E-state index in [1.54, 1.807) is 0 Å². The Labute approximate surface area is 731 Å². The van der Waals surface area contributed by atoms with Gasteiger partial charge in [-0.3, -0.25) is 0 Å². The Kier molecular flexibility index (Phi) is 19.1. The Balaban J connectivity index is 0.870. The van der Waals surface area contributed by atoms with Crippen LogP contribution in [0.2, 0.25) is 0 Å². The van der Waals surface area contributed by atoms with Gasteiger partial charge in [-0.05, 0) is 242 Å². The van der Waals surface area contributed by atoms with Gasteiger partial charge in [0.1, 0.15) is 0 Å². The van der Waals surface area contributed by atoms with Gasteiger partial charge in [-0.2, -0.15) is 0 Å². The fourth-order valence-electron chi connectivity index (χ4n) is 20.1. The van der Waals surface area contributed by atoms with E-state index in [4.69, 9.17) is 0 Å². The number of nitrogens with zero attached hydrogens (tertiary/aromatic N) is 3. The van der Waals surface area contributed by atoms with E-state index >= 15 is 0 Å². The SMILES string of the molecule is CC(C)(C)c1cc2c3c(c1)N(c1c(-c4ccccc4)cc(-c4ccccc4)cc1-c1ccccc1)c1cc(-c4ccc(-n5c6ccc(C(C)(C)C)cc6c6cc(C(C)(C)C)ccc65)cc4)ccc1B3c1ccc(N(c3ccc(-c4ccccc4)cc3)c3ccc(-c4ccccc4)cc3)cc1C2C1(c2ccccc2)C=C(c2ccccc2)C=C1c1ccccc1. The molecular formula is C120H98BN3. The minimum atomic E-state index is -0.845. The van der Waals surface area contributed by atoms with Gasteiger partial charge < -0.3 is 14.4 Å². The van der Waals surface area contributed by atoms with Gasteiger partial charge in [0.2, 0.25) is 6.71 Å². The maximum atomic E-state index is 2.76. The Hall–Kier alpha value is -14.3. The van der Waals surface area contributed by atoms with E-state index in [1.165, 1.54) is 111 Å². The van der Waals surface area contributed by atoms with Gasteiger partial charge >= 0.3 is 0 Å². The third-order valence-electron chi connectivity index (χ3n) is 26.5. The number of hydrogen-bond acceptors (Lipinski definition) is 2. The molecule has 0 bridgehead atoms. The second-order valence-electron chi connectivity index (χ2n) is 37.2. The van der Waals surface area contributed by atoms with Gasteiger partial charge in [0.15, 0.2) is 0 Å². The van der Waals surface area contributed by atoms with E-state index in [0.29, 0.717) is 0 Å². The van der Waals surface area contributed by atoms with E-state index in [0.717, 1.165) is 89.8 Å². The average Bonchev–Trinajstić information content (AvgIpc) is 1.06. The standard InChI is InChI=1S/C120H98BN3/c1-117(2,3)94-57-68-110-103(74-94)104-75-95(118(4,5)6)58-69-111(104)123(110)99-63-54-86(55-64-99)90-56-66-109-112(73-90)124(116-101(87-42-26-14-27-43-87)70-91(82-38-22-12-23-39-82)71-102(116)88-44-28-15-29-45-88)113-77-96(119(7,8)9)76-106-114(120(93-48-32-17-33-49-93)79-92(83-40-24-13-25-41-83)72-107(120)89-46-30-16-31-47-89)105-78-100(65-67-108(105)121(109)115(106)113)122(97-59-50-84(51-60-97)80-34-18-10-19-35-80)98-61-52-85(53-62-98)81-36-20-11-21-37-81/h10-79,114H,1-9H3. The van der Waals surface area contributed by atoms with Crippen LogP contribution in [0.25, 0.3) is 105 Å². The largest absolute Gasteiger partial charge is 0.310 e. The van der Waals surface area contributed by atoms with Crippen LogP contribution in [0.1, 0.15) is 113 Å². The van der Waals surface area contributed by atoms with Gasteiger partial charge in [0.25, 0.3) is 0 Å². The first-order valence-electron chi connectivity index (χ1n) is 43.9. The first kappa shape index (κ1) is 77.0. The second kappa shape index (κ2) is 30.7. The first-order chi connectivity index (χ1) is 60.4. The normalized spacial score (nSPS) is 14.8. The molecule has 0 amide bonds. The third kappa shape index (κ3) is 13.6. The number of allylic oxidation sites excluding steroid dienone is 4. The highest BCUT2D eigenvalue weighted by molar-refractivity contribution is 6.99. The first-order valence-corrected chi connectivity index (χ1v) is 43.9. The van der Waals surface area contributed by atoms with Crippen molar-refractivity contribution in [3.8, 4) is 72.4 Å². The zero-order valence-corrected chi connectivity index (χ0v) is 71.9. The van der Waals surface area contributed by atoms with E-state index in [2.05, 4.69) is 501 Å². The van der Waals surface area contributed by atoms with Crippen molar-refractivity contribution in [3.05, 3.63) is 469 Å². The summed E-state index contributed by atoms with van der Waals surface area (Å²) in [6.07, 6.45) is 5.22. The summed E-state index contributed by atoms with van der Waals surface area (Å²) in [5.74, 6) is -0.355. The summed E-state index contributed by atoms with van der Waals surface area (Å²) < 4.78 is 2.49. The van der Waals surface area contributed by atoms with Crippen molar-refractivity contribution in [1.82, 2.24) is 4.57 Å². The van der Waals surface area contributed by atoms with E-state index in [9.17, 15) is 0 Å². The van der Waals surface area contributed by atoms with E-state index in [1.807, 2.05) is 0 Å². The minimum absolute atomic E-state index is 0.0221. The van der Waals surface area contributed by atoms with Crippen molar-refractivity contribution in [3.63, 3.8) is 0 Å². The maximum Gasteiger partial charge on any atom is 0.247 e. The molecule has 17 aromatic carbocycles. The lowest BCUT2D eigenvalue weighted by atomic mass is 9.30. The number of fused-ring (bicyclic) bond motifs is 7. The van der Waals surface area contributed by atoms with Gasteiger partial charge in [0, 0.05) is 61.9 Å². The van der Waals surface area contributed by atoms with Gasteiger partial charge in [-0.25, -0.2) is 0 Å². The molecule has 1 aliphatic carbocycles. The average molecular weight is 1590 g/mol. The van der Waals surface area contributed by atoms with Crippen molar-refractivity contribution < 1.29 is 0 Å². The number of benzene rings is 17. The summed E-state index contributed by atoms with van der Waals surface area (Å²) in [7, 11) is 0. The van der Waals surface area contributed by atoms with Crippen molar-refractivity contribution in [2.45, 2.75) is 89.9 Å². The minimum Gasteiger partial charge on any atom is -0.310 e. The van der Waals surface area contributed by atoms with E-state index < -0.39 is 5.41 Å². The summed E-state index contributed by atoms with van der Waals surface area (Å²) in [4.78, 5) is 5.26. The predicted molar refractivity (Wildman–Crippen MR) is 529 cm³/mol. The highest BCUT2D eigenvalue weighted by Crippen LogP contribution is 2.61. The second-order valence-corrected chi connectivity index (χ2v) is 37.2. The molecule has 0 radical (unpaired) electrons. The predicted octanol–water partition coefficient (Wildman–Crippen LogP) is 30.0. The molecule has 124 heavy (non-hydrogen) atoms. The smallest absolute Gasteiger partial charge is 0.247 e. The summed E-state index contributed by atoms with van der Waals surface area (Å²) >= 11 is 0. The molecule has 0 saturated heterocycles. The molecule has 2 unspecified atom stereocenters. The highest BCUT2D eigenvalue weighted by Gasteiger charge is 2.54. The quantitative estimate of drug-likeness (QED) is 0.0948. The zero-order valence-electron chi connectivity index (χ0n) is 71.9. The Morgan fingerprint density at radius 3 is 1.19 bits per heavy atom. The Morgan fingerprint density at radius 2 is 0.702 bits per heavy atom. The van der Waals surface area contributed by atoms with Crippen LogP contribution in [0.3, 0.4) is 0 Å². The summed E-state index contributed by atoms with van der Waals surface area (Å²) in [6, 6.07) is 157. The van der Waals surface area contributed by atoms with Gasteiger partial charge in [-0.15, -0.1) is 0 Å². The lowest BCUT2D eigenvalue weighted by Gasteiger charge is -2.49. The molecular weight excluding hydrogens is 1490 g/mol. The fourth-order valence-corrected chi connectivity index (χ4v) is 20.1. The van der Waals surface area contributed by atoms with Crippen LogP contribution >= 0.6 is 0 Å². The van der Waals surface area contributed by atoms with Crippen molar-refractivity contribution in [2.75, 3.05) is 9.80 Å². The number of rotatable bonds is 15. The van der Waals surface area contributed by atoms with Gasteiger partial charge in [0.05, 0.1) is 22.1 Å². The van der Waals surface area contributed by atoms with Crippen LogP contribution in [-0.2, 0) is 21.7 Å². The molecule has 0 spiro atoms. The third-order valence-corrected chi connectivity index (χ3v) is 26.5. The molecule has 3 heterocycles. The van der Waals surface area contributed by atoms with Crippen LogP contribution in [0.4, 0.5) is 34.1 Å². The zero-order chi connectivity index (χ0) is 84.2. The summed E-state index contributed by atoms with van der Waals surface area (Å²) in [5.41, 5.74) is 39.0. The van der Waals surface area contributed by atoms with Crippen LogP contribution < -0.4 is 26.2 Å². The molecule has 0 fully saturated rings. The molecule has 2 aliphatic heterocycles. The maximum absolute atomic E-state index is 2.76. The fraction of sp³-hybridized carbons (Fsp3) is 0.117. The van der Waals surface area contributed by atoms with Crippen LogP contribution in [0, 0.1) is 0 Å². The number of aromatic nitrogens is 1. The van der Waals surface area contributed by atoms with Crippen LogP contribution in [0.15, 0.2) is 425 Å². The van der Waals surface area contributed by atoms with Crippen molar-refractivity contribution >= 4 is 90.2 Å². The number of hydrogen-bond donors (Lipinski definition) is 0. The molecule has 3 aliphatic rings. The summed E-state index contributed by atoms with van der Waals surface area (Å²) in [5, 5.41) is 2.55. The molecule has 2 atom stereocenters.